The second-order valence-corrected chi connectivity index (χ2v) is 3.53. The molecule has 0 aliphatic heterocycles. The molecule has 88 valence electrons. The molecule has 0 atom stereocenters. The number of nitrogens with one attached hydrogen (secondary N) is 1. The van der Waals surface area contributed by atoms with Crippen molar-refractivity contribution in [1.29, 1.82) is 0 Å². The Hall–Kier alpha value is -2.04. The highest BCUT2D eigenvalue weighted by Gasteiger charge is 2.09. The van der Waals surface area contributed by atoms with Gasteiger partial charge in [0.1, 0.15) is 5.69 Å². The zero-order valence-corrected chi connectivity index (χ0v) is 9.52. The zero-order chi connectivity index (χ0) is 12.1. The molecule has 0 aliphatic rings. The summed E-state index contributed by atoms with van der Waals surface area (Å²) in [5, 5.41) is 3.02. The molecule has 0 spiro atoms. The van der Waals surface area contributed by atoms with Crippen molar-refractivity contribution < 1.29 is 4.39 Å². The maximum absolute atomic E-state index is 13.6. The maximum atomic E-state index is 13.6. The van der Waals surface area contributed by atoms with Gasteiger partial charge in [-0.3, -0.25) is 4.98 Å². The van der Waals surface area contributed by atoms with Crippen LogP contribution in [0, 0.1) is 5.82 Å². The lowest BCUT2D eigenvalue weighted by molar-refractivity contribution is 0.617. The maximum Gasteiger partial charge on any atom is 0.223 e. The third kappa shape index (κ3) is 2.75. The minimum absolute atomic E-state index is 0.221. The summed E-state index contributed by atoms with van der Waals surface area (Å²) in [6, 6.07) is 5.29. The summed E-state index contributed by atoms with van der Waals surface area (Å²) in [6.45, 7) is 2.80. The van der Waals surface area contributed by atoms with E-state index in [0.29, 0.717) is 11.6 Å². The first-order valence-electron chi connectivity index (χ1n) is 5.49. The van der Waals surface area contributed by atoms with E-state index in [1.165, 1.54) is 0 Å². The van der Waals surface area contributed by atoms with Crippen molar-refractivity contribution in [2.45, 2.75) is 13.3 Å². The first-order chi connectivity index (χ1) is 8.31. The SMILES string of the molecule is CCCNc1ncc(F)c(-c2ccccn2)n1. The Labute approximate surface area is 99.0 Å². The number of hydrogen-bond acceptors (Lipinski definition) is 4. The van der Waals surface area contributed by atoms with Crippen LogP contribution in [-0.2, 0) is 0 Å². The van der Waals surface area contributed by atoms with Gasteiger partial charge in [-0.25, -0.2) is 14.4 Å². The van der Waals surface area contributed by atoms with Gasteiger partial charge in [0.15, 0.2) is 5.82 Å². The van der Waals surface area contributed by atoms with E-state index < -0.39 is 5.82 Å². The smallest absolute Gasteiger partial charge is 0.223 e. The summed E-state index contributed by atoms with van der Waals surface area (Å²) in [6.07, 6.45) is 3.73. The van der Waals surface area contributed by atoms with Crippen molar-refractivity contribution in [3.63, 3.8) is 0 Å². The molecule has 0 aromatic carbocycles. The topological polar surface area (TPSA) is 50.7 Å². The molecule has 0 aliphatic carbocycles. The van der Waals surface area contributed by atoms with Crippen LogP contribution in [0.4, 0.5) is 10.3 Å². The van der Waals surface area contributed by atoms with Crippen molar-refractivity contribution >= 4 is 5.95 Å². The fourth-order valence-electron chi connectivity index (χ4n) is 1.37. The van der Waals surface area contributed by atoms with Crippen LogP contribution in [0.3, 0.4) is 0 Å². The van der Waals surface area contributed by atoms with Gasteiger partial charge in [0.25, 0.3) is 0 Å². The van der Waals surface area contributed by atoms with E-state index in [9.17, 15) is 4.39 Å². The highest BCUT2D eigenvalue weighted by atomic mass is 19.1. The number of pyridine rings is 1. The number of aromatic nitrogens is 3. The van der Waals surface area contributed by atoms with Gasteiger partial charge < -0.3 is 5.32 Å². The van der Waals surface area contributed by atoms with E-state index >= 15 is 0 Å². The molecular formula is C12H13FN4. The number of halogens is 1. The largest absolute Gasteiger partial charge is 0.354 e. The summed E-state index contributed by atoms with van der Waals surface area (Å²) in [5.41, 5.74) is 0.728. The molecule has 0 bridgehead atoms. The van der Waals surface area contributed by atoms with Gasteiger partial charge in [0, 0.05) is 12.7 Å². The monoisotopic (exact) mass is 232 g/mol. The van der Waals surface area contributed by atoms with Crippen LogP contribution >= 0.6 is 0 Å². The van der Waals surface area contributed by atoms with E-state index in [4.69, 9.17) is 0 Å². The minimum Gasteiger partial charge on any atom is -0.354 e. The summed E-state index contributed by atoms with van der Waals surface area (Å²) >= 11 is 0. The molecule has 1 N–H and O–H groups in total. The average Bonchev–Trinajstić information content (AvgIpc) is 2.39. The molecule has 5 heteroatoms. The Morgan fingerprint density at radius 3 is 2.88 bits per heavy atom. The third-order valence-corrected chi connectivity index (χ3v) is 2.18. The normalized spacial score (nSPS) is 10.2. The molecule has 17 heavy (non-hydrogen) atoms. The zero-order valence-electron chi connectivity index (χ0n) is 9.52. The van der Waals surface area contributed by atoms with Crippen LogP contribution < -0.4 is 5.32 Å². The van der Waals surface area contributed by atoms with Gasteiger partial charge in [0.05, 0.1) is 11.9 Å². The van der Waals surface area contributed by atoms with Crippen LogP contribution in [0.5, 0.6) is 0 Å². The number of hydrogen-bond donors (Lipinski definition) is 1. The Morgan fingerprint density at radius 1 is 1.29 bits per heavy atom. The second-order valence-electron chi connectivity index (χ2n) is 3.53. The van der Waals surface area contributed by atoms with Gasteiger partial charge >= 0.3 is 0 Å². The van der Waals surface area contributed by atoms with Gasteiger partial charge in [-0.15, -0.1) is 0 Å². The van der Waals surface area contributed by atoms with E-state index in [1.54, 1.807) is 24.4 Å². The standard InChI is InChI=1S/C12H13FN4/c1-2-6-15-12-16-8-9(13)11(17-12)10-5-3-4-7-14-10/h3-5,7-8H,2,6H2,1H3,(H,15,16,17). The molecule has 0 radical (unpaired) electrons. The molecule has 0 amide bonds. The van der Waals surface area contributed by atoms with E-state index in [0.717, 1.165) is 19.2 Å². The fraction of sp³-hybridized carbons (Fsp3) is 0.250. The van der Waals surface area contributed by atoms with Crippen LogP contribution in [-0.4, -0.2) is 21.5 Å². The lowest BCUT2D eigenvalue weighted by atomic mass is 10.2. The Bertz CT molecular complexity index is 487. The van der Waals surface area contributed by atoms with Crippen LogP contribution in [0.1, 0.15) is 13.3 Å². The van der Waals surface area contributed by atoms with E-state index in [-0.39, 0.29) is 5.69 Å². The third-order valence-electron chi connectivity index (χ3n) is 2.18. The molecule has 0 unspecified atom stereocenters. The molecule has 0 fully saturated rings. The first kappa shape index (κ1) is 11.4. The van der Waals surface area contributed by atoms with Crippen LogP contribution in [0.2, 0.25) is 0 Å². The van der Waals surface area contributed by atoms with Crippen molar-refractivity contribution in [1.82, 2.24) is 15.0 Å². The quantitative estimate of drug-likeness (QED) is 0.879. The Kier molecular flexibility index (Phi) is 3.59. The number of nitrogens with zero attached hydrogens (tertiary/aromatic N) is 3. The molecule has 0 saturated heterocycles. The van der Waals surface area contributed by atoms with Crippen molar-refractivity contribution in [2.75, 3.05) is 11.9 Å². The predicted molar refractivity (Wildman–Crippen MR) is 64.0 cm³/mol. The Balaban J connectivity index is 2.33. The average molecular weight is 232 g/mol. The Morgan fingerprint density at radius 2 is 2.18 bits per heavy atom. The lowest BCUT2D eigenvalue weighted by Crippen LogP contribution is -2.06. The molecule has 2 aromatic rings. The highest BCUT2D eigenvalue weighted by molar-refractivity contribution is 5.55. The van der Waals surface area contributed by atoms with Gasteiger partial charge in [0.2, 0.25) is 5.95 Å². The first-order valence-corrected chi connectivity index (χ1v) is 5.49. The predicted octanol–water partition coefficient (Wildman–Crippen LogP) is 2.50. The van der Waals surface area contributed by atoms with E-state index in [2.05, 4.69) is 20.3 Å². The van der Waals surface area contributed by atoms with Crippen molar-refractivity contribution in [3.8, 4) is 11.4 Å². The van der Waals surface area contributed by atoms with Gasteiger partial charge in [-0.1, -0.05) is 13.0 Å². The minimum atomic E-state index is -0.467. The second kappa shape index (κ2) is 5.34. The summed E-state index contributed by atoms with van der Waals surface area (Å²) in [7, 11) is 0. The number of anilines is 1. The summed E-state index contributed by atoms with van der Waals surface area (Å²) in [5.74, 6) is -0.0420. The summed E-state index contributed by atoms with van der Waals surface area (Å²) in [4.78, 5) is 12.1. The molecule has 2 aromatic heterocycles. The highest BCUT2D eigenvalue weighted by Crippen LogP contribution is 2.18. The van der Waals surface area contributed by atoms with Crippen LogP contribution in [0.15, 0.2) is 30.6 Å². The molecular weight excluding hydrogens is 219 g/mol. The molecule has 2 heterocycles. The van der Waals surface area contributed by atoms with Gasteiger partial charge in [-0.2, -0.15) is 0 Å². The molecule has 4 nitrogen and oxygen atoms in total. The van der Waals surface area contributed by atoms with Crippen LogP contribution in [0.25, 0.3) is 11.4 Å². The van der Waals surface area contributed by atoms with Gasteiger partial charge in [-0.05, 0) is 18.6 Å². The number of rotatable bonds is 4. The fourth-order valence-corrected chi connectivity index (χ4v) is 1.37. The summed E-state index contributed by atoms with van der Waals surface area (Å²) < 4.78 is 13.6. The lowest BCUT2D eigenvalue weighted by Gasteiger charge is -2.05. The van der Waals surface area contributed by atoms with Crippen molar-refractivity contribution in [2.24, 2.45) is 0 Å². The van der Waals surface area contributed by atoms with Crippen molar-refractivity contribution in [3.05, 3.63) is 36.4 Å². The molecule has 0 saturated carbocycles. The van der Waals surface area contributed by atoms with E-state index in [1.807, 2.05) is 6.92 Å². The molecule has 2 rings (SSSR count).